The summed E-state index contributed by atoms with van der Waals surface area (Å²) >= 11 is 0. The number of alkyl halides is 3. The average molecular weight is 340 g/mol. The molecule has 24 heavy (non-hydrogen) atoms. The number of carbonyl (C=O) groups excluding carboxylic acids is 1. The number of nitrogens with one attached hydrogen (secondary N) is 1. The highest BCUT2D eigenvalue weighted by Gasteiger charge is 2.28. The van der Waals surface area contributed by atoms with Crippen molar-refractivity contribution >= 4 is 11.7 Å². The van der Waals surface area contributed by atoms with Gasteiger partial charge >= 0.3 is 6.18 Å². The minimum Gasteiger partial charge on any atom is -0.361 e. The van der Waals surface area contributed by atoms with Crippen LogP contribution in [0.1, 0.15) is 6.42 Å². The second-order valence-electron chi connectivity index (χ2n) is 5.42. The highest BCUT2D eigenvalue weighted by molar-refractivity contribution is 5.81. The SMILES string of the molecule is O=C(CNc1cc(-c2cnn(CC(F)(F)F)c2)ncn1)N1CCC1. The standard InChI is InChI=1S/C14H15F3N6O/c15-14(16,17)8-23-7-10(5-21-23)11-4-12(20-9-19-11)18-6-13(24)22-2-1-3-22/h4-5,7,9H,1-3,6,8H2,(H,18,19,20). The van der Waals surface area contributed by atoms with Crippen LogP contribution in [0.4, 0.5) is 19.0 Å². The van der Waals surface area contributed by atoms with Crippen molar-refractivity contribution in [2.45, 2.75) is 19.1 Å². The van der Waals surface area contributed by atoms with Gasteiger partial charge in [-0.15, -0.1) is 0 Å². The molecule has 1 aliphatic heterocycles. The van der Waals surface area contributed by atoms with Gasteiger partial charge in [-0.1, -0.05) is 0 Å². The maximum absolute atomic E-state index is 12.4. The molecule has 1 fully saturated rings. The van der Waals surface area contributed by atoms with Crippen molar-refractivity contribution in [1.82, 2.24) is 24.6 Å². The zero-order valence-electron chi connectivity index (χ0n) is 12.6. The molecule has 0 radical (unpaired) electrons. The number of halogens is 3. The molecule has 0 spiro atoms. The van der Waals surface area contributed by atoms with E-state index in [0.717, 1.165) is 24.2 Å². The molecule has 3 rings (SSSR count). The Bertz CT molecular complexity index is 725. The van der Waals surface area contributed by atoms with Crippen LogP contribution in [0.5, 0.6) is 0 Å². The van der Waals surface area contributed by atoms with Gasteiger partial charge in [0.15, 0.2) is 0 Å². The first-order valence-corrected chi connectivity index (χ1v) is 7.34. The number of carbonyl (C=O) groups is 1. The molecule has 0 saturated carbocycles. The molecule has 1 N–H and O–H groups in total. The van der Waals surface area contributed by atoms with Crippen LogP contribution in [-0.4, -0.2) is 56.4 Å². The van der Waals surface area contributed by atoms with Crippen LogP contribution >= 0.6 is 0 Å². The van der Waals surface area contributed by atoms with Gasteiger partial charge in [0, 0.05) is 30.9 Å². The van der Waals surface area contributed by atoms with Crippen molar-refractivity contribution in [3.8, 4) is 11.3 Å². The van der Waals surface area contributed by atoms with Gasteiger partial charge in [0.25, 0.3) is 0 Å². The number of rotatable bonds is 5. The Hall–Kier alpha value is -2.65. The van der Waals surface area contributed by atoms with Gasteiger partial charge in [0.1, 0.15) is 18.7 Å². The van der Waals surface area contributed by atoms with Gasteiger partial charge in [-0.3, -0.25) is 9.48 Å². The van der Waals surface area contributed by atoms with Crippen molar-refractivity contribution in [3.05, 3.63) is 24.8 Å². The van der Waals surface area contributed by atoms with Crippen molar-refractivity contribution < 1.29 is 18.0 Å². The molecule has 0 atom stereocenters. The van der Waals surface area contributed by atoms with Gasteiger partial charge in [0.2, 0.25) is 5.91 Å². The number of likely N-dealkylation sites (tertiary alicyclic amines) is 1. The van der Waals surface area contributed by atoms with Crippen molar-refractivity contribution in [1.29, 1.82) is 0 Å². The topological polar surface area (TPSA) is 75.9 Å². The van der Waals surface area contributed by atoms with E-state index in [-0.39, 0.29) is 12.5 Å². The smallest absolute Gasteiger partial charge is 0.361 e. The Morgan fingerprint density at radius 3 is 2.75 bits per heavy atom. The summed E-state index contributed by atoms with van der Waals surface area (Å²) in [7, 11) is 0. The van der Waals surface area contributed by atoms with E-state index in [1.807, 2.05) is 0 Å². The van der Waals surface area contributed by atoms with Crippen molar-refractivity contribution in [3.63, 3.8) is 0 Å². The van der Waals surface area contributed by atoms with Crippen LogP contribution in [0.3, 0.4) is 0 Å². The number of aromatic nitrogens is 4. The quantitative estimate of drug-likeness (QED) is 0.894. The third-order valence-corrected chi connectivity index (χ3v) is 3.57. The molecule has 7 nitrogen and oxygen atoms in total. The zero-order chi connectivity index (χ0) is 17.2. The molecule has 128 valence electrons. The lowest BCUT2D eigenvalue weighted by atomic mass is 10.2. The Kier molecular flexibility index (Phi) is 4.36. The maximum Gasteiger partial charge on any atom is 0.408 e. The van der Waals surface area contributed by atoms with E-state index in [9.17, 15) is 18.0 Å². The van der Waals surface area contributed by atoms with Crippen molar-refractivity contribution in [2.24, 2.45) is 0 Å². The van der Waals surface area contributed by atoms with E-state index in [4.69, 9.17) is 0 Å². The zero-order valence-corrected chi connectivity index (χ0v) is 12.6. The van der Waals surface area contributed by atoms with Crippen LogP contribution in [0, 0.1) is 0 Å². The third kappa shape index (κ3) is 4.00. The second kappa shape index (κ2) is 6.46. The number of hydrogen-bond donors (Lipinski definition) is 1. The summed E-state index contributed by atoms with van der Waals surface area (Å²) in [6, 6.07) is 1.57. The summed E-state index contributed by atoms with van der Waals surface area (Å²) in [4.78, 5) is 21.6. The molecule has 0 aliphatic carbocycles. The first-order valence-electron chi connectivity index (χ1n) is 7.34. The predicted octanol–water partition coefficient (Wildman–Crippen LogP) is 1.55. The summed E-state index contributed by atoms with van der Waals surface area (Å²) in [6.45, 7) is 0.499. The van der Waals surface area contributed by atoms with E-state index in [1.54, 1.807) is 11.0 Å². The van der Waals surface area contributed by atoms with Crippen LogP contribution in [0.2, 0.25) is 0 Å². The number of nitrogens with zero attached hydrogens (tertiary/aromatic N) is 5. The minimum absolute atomic E-state index is 0.0144. The van der Waals surface area contributed by atoms with E-state index in [0.29, 0.717) is 17.1 Å². The highest BCUT2D eigenvalue weighted by atomic mass is 19.4. The lowest BCUT2D eigenvalue weighted by molar-refractivity contribution is -0.142. The highest BCUT2D eigenvalue weighted by Crippen LogP contribution is 2.21. The van der Waals surface area contributed by atoms with Crippen LogP contribution in [0.15, 0.2) is 24.8 Å². The fourth-order valence-electron chi connectivity index (χ4n) is 2.22. The number of hydrogen-bond acceptors (Lipinski definition) is 5. The fraction of sp³-hybridized carbons (Fsp3) is 0.429. The Morgan fingerprint density at radius 2 is 2.08 bits per heavy atom. The Balaban J connectivity index is 1.65. The summed E-state index contributed by atoms with van der Waals surface area (Å²) in [5, 5.41) is 6.58. The number of anilines is 1. The molecule has 2 aromatic heterocycles. The Morgan fingerprint density at radius 1 is 1.29 bits per heavy atom. The molecular formula is C14H15F3N6O. The lowest BCUT2D eigenvalue weighted by Gasteiger charge is -2.30. The van der Waals surface area contributed by atoms with Gasteiger partial charge in [-0.2, -0.15) is 18.3 Å². The predicted molar refractivity (Wildman–Crippen MR) is 79.0 cm³/mol. The van der Waals surface area contributed by atoms with E-state index >= 15 is 0 Å². The van der Waals surface area contributed by atoms with Gasteiger partial charge in [-0.25, -0.2) is 9.97 Å². The molecular weight excluding hydrogens is 325 g/mol. The fourth-order valence-corrected chi connectivity index (χ4v) is 2.22. The van der Waals surface area contributed by atoms with Crippen molar-refractivity contribution in [2.75, 3.05) is 25.0 Å². The molecule has 0 unspecified atom stereocenters. The van der Waals surface area contributed by atoms with E-state index in [1.165, 1.54) is 18.7 Å². The minimum atomic E-state index is -4.33. The van der Waals surface area contributed by atoms with Gasteiger partial charge < -0.3 is 10.2 Å². The summed E-state index contributed by atoms with van der Waals surface area (Å²) < 4.78 is 37.9. The maximum atomic E-state index is 12.4. The van der Waals surface area contributed by atoms with E-state index in [2.05, 4.69) is 20.4 Å². The van der Waals surface area contributed by atoms with Crippen LogP contribution in [0.25, 0.3) is 11.3 Å². The summed E-state index contributed by atoms with van der Waals surface area (Å²) in [5.41, 5.74) is 0.871. The molecule has 0 bridgehead atoms. The molecule has 1 amide bonds. The summed E-state index contributed by atoms with van der Waals surface area (Å²) in [5.74, 6) is 0.414. The van der Waals surface area contributed by atoms with E-state index < -0.39 is 12.7 Å². The molecule has 1 aliphatic rings. The largest absolute Gasteiger partial charge is 0.408 e. The molecule has 1 saturated heterocycles. The molecule has 2 aromatic rings. The monoisotopic (exact) mass is 340 g/mol. The second-order valence-corrected chi connectivity index (χ2v) is 5.42. The summed E-state index contributed by atoms with van der Waals surface area (Å²) in [6.07, 6.45) is 0.547. The van der Waals surface area contributed by atoms with Crippen LogP contribution < -0.4 is 5.32 Å². The first kappa shape index (κ1) is 16.2. The third-order valence-electron chi connectivity index (χ3n) is 3.57. The molecule has 0 aromatic carbocycles. The number of amides is 1. The van der Waals surface area contributed by atoms with Gasteiger partial charge in [-0.05, 0) is 6.42 Å². The normalized spacial score (nSPS) is 14.4. The molecule has 10 heteroatoms. The molecule has 3 heterocycles. The lowest BCUT2D eigenvalue weighted by Crippen LogP contribution is -2.44. The first-order chi connectivity index (χ1) is 11.4. The van der Waals surface area contributed by atoms with Gasteiger partial charge in [0.05, 0.1) is 18.4 Å². The van der Waals surface area contributed by atoms with Crippen LogP contribution in [-0.2, 0) is 11.3 Å². The average Bonchev–Trinajstić information content (AvgIpc) is 2.90. The Labute approximate surface area is 135 Å².